The number of ketones is 1. The lowest BCUT2D eigenvalue weighted by Crippen LogP contribution is -2.62. The molecule has 9 heteroatoms. The van der Waals surface area contributed by atoms with Crippen molar-refractivity contribution in [3.05, 3.63) is 0 Å². The number of urea groups is 1. The van der Waals surface area contributed by atoms with Crippen molar-refractivity contribution in [2.45, 2.75) is 131 Å². The van der Waals surface area contributed by atoms with Gasteiger partial charge in [0.1, 0.15) is 5.78 Å². The molecule has 0 aromatic rings. The summed E-state index contributed by atoms with van der Waals surface area (Å²) in [6.07, 6.45) is 10.4. The molecule has 2 bridgehead atoms. The average Bonchev–Trinajstić information content (AvgIpc) is 3.49. The summed E-state index contributed by atoms with van der Waals surface area (Å²) in [5.41, 5.74) is -0.942. The summed E-state index contributed by atoms with van der Waals surface area (Å²) in [7, 11) is -3.96. The van der Waals surface area contributed by atoms with Gasteiger partial charge in [0.05, 0.1) is 23.4 Å². The van der Waals surface area contributed by atoms with Crippen LogP contribution < -0.4 is 10.0 Å². The highest BCUT2D eigenvalue weighted by atomic mass is 32.2. The second kappa shape index (κ2) is 11.5. The minimum absolute atomic E-state index is 0.0261. The van der Waals surface area contributed by atoms with Crippen molar-refractivity contribution in [3.63, 3.8) is 0 Å². The van der Waals surface area contributed by atoms with Crippen molar-refractivity contribution in [3.8, 4) is 0 Å². The lowest BCUT2D eigenvalue weighted by atomic mass is 9.41. The van der Waals surface area contributed by atoms with E-state index in [-0.39, 0.29) is 51.8 Å². The Morgan fingerprint density at radius 3 is 2.29 bits per heavy atom. The molecule has 0 aromatic carbocycles. The molecule has 2 amide bonds. The second-order valence-corrected chi connectivity index (χ2v) is 19.4. The summed E-state index contributed by atoms with van der Waals surface area (Å²) in [6, 6.07) is -0.705. The van der Waals surface area contributed by atoms with Crippen LogP contribution in [0.25, 0.3) is 0 Å². The highest BCUT2D eigenvalue weighted by Gasteiger charge is 2.66. The standard InChI is InChI=1S/C36H60N2O6S/c1-7-24-28-19-23(39)11-14-35(28,6)27-12-15-34(5)25(8-9-26(34)30(27)31(24)41)21(2)13-17-37-32(42)38-45(43,44)20-36-16-10-22(18-29(36)40)33(36,3)4/h21-28,30-31,39,41H,7-20H2,1-6H3,(H2,37,38,42)/t21-,22?,23-,24-,25-,26+,27+,28+,30+,31-,34-,35-,36-/m1/s1. The van der Waals surface area contributed by atoms with Gasteiger partial charge in [-0.2, -0.15) is 0 Å². The molecule has 1 unspecified atom stereocenters. The summed E-state index contributed by atoms with van der Waals surface area (Å²) in [5, 5.41) is 25.3. The van der Waals surface area contributed by atoms with E-state index in [1.807, 2.05) is 13.8 Å². The summed E-state index contributed by atoms with van der Waals surface area (Å²) in [6.45, 7) is 13.8. The van der Waals surface area contributed by atoms with Gasteiger partial charge >= 0.3 is 6.03 Å². The van der Waals surface area contributed by atoms with Crippen molar-refractivity contribution in [2.24, 2.45) is 69.0 Å². The second-order valence-electron chi connectivity index (χ2n) is 17.7. The number of aliphatic hydroxyl groups excluding tert-OH is 2. The maximum atomic E-state index is 13.1. The predicted octanol–water partition coefficient (Wildman–Crippen LogP) is 5.66. The topological polar surface area (TPSA) is 133 Å². The van der Waals surface area contributed by atoms with E-state index in [0.717, 1.165) is 64.2 Å². The first-order valence-corrected chi connectivity index (χ1v) is 19.8. The summed E-state index contributed by atoms with van der Waals surface area (Å²) in [4.78, 5) is 25.6. The van der Waals surface area contributed by atoms with Gasteiger partial charge in [0.25, 0.3) is 0 Å². The van der Waals surface area contributed by atoms with Crippen LogP contribution in [-0.2, 0) is 14.8 Å². The Kier molecular flexibility index (Phi) is 8.58. The molecular weight excluding hydrogens is 588 g/mol. The monoisotopic (exact) mass is 648 g/mol. The van der Waals surface area contributed by atoms with Crippen molar-refractivity contribution >= 4 is 21.8 Å². The number of carbonyl (C=O) groups is 2. The number of sulfonamides is 1. The van der Waals surface area contributed by atoms with E-state index in [1.54, 1.807) is 0 Å². The Morgan fingerprint density at radius 2 is 1.64 bits per heavy atom. The number of Topliss-reactive ketones (excluding diaryl/α,β-unsaturated/α-hetero) is 1. The number of hydrogen-bond acceptors (Lipinski definition) is 6. The van der Waals surface area contributed by atoms with E-state index < -0.39 is 21.5 Å². The Bertz CT molecular complexity index is 1290. The molecule has 6 aliphatic rings. The van der Waals surface area contributed by atoms with Crippen LogP contribution in [-0.4, -0.2) is 55.0 Å². The van der Waals surface area contributed by atoms with Crippen LogP contribution in [0.2, 0.25) is 0 Å². The fourth-order valence-electron chi connectivity index (χ4n) is 13.2. The van der Waals surface area contributed by atoms with Gasteiger partial charge in [0, 0.05) is 13.0 Å². The molecule has 6 saturated carbocycles. The van der Waals surface area contributed by atoms with Gasteiger partial charge in [-0.25, -0.2) is 17.9 Å². The zero-order valence-electron chi connectivity index (χ0n) is 28.6. The SMILES string of the molecule is CC[C@H]1[C@@H](O)[C@@H]2[C@H](CC[C@]3(C)[C@@H]([C@H](C)CCNC(=O)NS(=O)(=O)C[C@]45CCC(CC4=O)C5(C)C)CC[C@@H]23)[C@@]2(C)CC[C@@H](O)C[C@@H]12. The lowest BCUT2D eigenvalue weighted by Gasteiger charge is -2.64. The quantitative estimate of drug-likeness (QED) is 0.268. The van der Waals surface area contributed by atoms with Gasteiger partial charge in [-0.05, 0) is 128 Å². The van der Waals surface area contributed by atoms with Crippen LogP contribution in [0.15, 0.2) is 0 Å². The van der Waals surface area contributed by atoms with Crippen molar-refractivity contribution in [2.75, 3.05) is 12.3 Å². The van der Waals surface area contributed by atoms with Gasteiger partial charge < -0.3 is 15.5 Å². The van der Waals surface area contributed by atoms with E-state index in [2.05, 4.69) is 37.7 Å². The summed E-state index contributed by atoms with van der Waals surface area (Å²) in [5.74, 6) is 2.72. The zero-order chi connectivity index (χ0) is 32.7. The molecule has 0 spiro atoms. The van der Waals surface area contributed by atoms with Crippen LogP contribution in [0, 0.1) is 69.0 Å². The fourth-order valence-corrected chi connectivity index (χ4v) is 14.9. The Hall–Kier alpha value is -1.19. The third kappa shape index (κ3) is 5.14. The fraction of sp³-hybridized carbons (Fsp3) is 0.944. The Labute approximate surface area is 271 Å². The van der Waals surface area contributed by atoms with Gasteiger partial charge in [0.2, 0.25) is 10.0 Å². The van der Waals surface area contributed by atoms with E-state index in [1.165, 1.54) is 0 Å². The molecule has 6 fully saturated rings. The highest BCUT2D eigenvalue weighted by Crippen LogP contribution is 2.69. The van der Waals surface area contributed by atoms with Crippen molar-refractivity contribution in [1.82, 2.24) is 10.0 Å². The Balaban J connectivity index is 1.06. The van der Waals surface area contributed by atoms with Crippen molar-refractivity contribution < 1.29 is 28.2 Å². The van der Waals surface area contributed by atoms with E-state index in [4.69, 9.17) is 0 Å². The normalized spacial score (nSPS) is 47.5. The largest absolute Gasteiger partial charge is 0.393 e. The molecule has 4 N–H and O–H groups in total. The van der Waals surface area contributed by atoms with Gasteiger partial charge in [-0.15, -0.1) is 0 Å². The van der Waals surface area contributed by atoms with E-state index in [9.17, 15) is 28.2 Å². The molecule has 256 valence electrons. The number of nitrogens with one attached hydrogen (secondary N) is 2. The third-order valence-corrected chi connectivity index (χ3v) is 17.2. The summed E-state index contributed by atoms with van der Waals surface area (Å²) >= 11 is 0. The Morgan fingerprint density at radius 1 is 0.956 bits per heavy atom. The van der Waals surface area contributed by atoms with Crippen LogP contribution >= 0.6 is 0 Å². The molecule has 6 aliphatic carbocycles. The number of hydrogen-bond donors (Lipinski definition) is 4. The number of rotatable bonds is 8. The summed E-state index contributed by atoms with van der Waals surface area (Å²) < 4.78 is 28.4. The van der Waals surface area contributed by atoms with E-state index in [0.29, 0.717) is 54.9 Å². The van der Waals surface area contributed by atoms with Crippen LogP contribution in [0.5, 0.6) is 0 Å². The minimum atomic E-state index is -3.96. The van der Waals surface area contributed by atoms with Gasteiger partial charge in [0.15, 0.2) is 0 Å². The molecule has 0 heterocycles. The lowest BCUT2D eigenvalue weighted by molar-refractivity contribution is -0.203. The average molecular weight is 649 g/mol. The van der Waals surface area contributed by atoms with Gasteiger partial charge in [-0.3, -0.25) is 4.79 Å². The number of fused-ring (bicyclic) bond motifs is 7. The molecule has 0 aliphatic heterocycles. The smallest absolute Gasteiger partial charge is 0.328 e. The van der Waals surface area contributed by atoms with Crippen LogP contribution in [0.4, 0.5) is 4.79 Å². The van der Waals surface area contributed by atoms with Gasteiger partial charge in [-0.1, -0.05) is 48.0 Å². The molecule has 8 nitrogen and oxygen atoms in total. The van der Waals surface area contributed by atoms with Crippen molar-refractivity contribution in [1.29, 1.82) is 0 Å². The molecule has 0 radical (unpaired) electrons. The molecule has 13 atom stereocenters. The number of amides is 2. The minimum Gasteiger partial charge on any atom is -0.393 e. The molecule has 6 rings (SSSR count). The molecular formula is C36H60N2O6S. The number of aliphatic hydroxyl groups is 2. The maximum Gasteiger partial charge on any atom is 0.328 e. The molecule has 0 saturated heterocycles. The van der Waals surface area contributed by atoms with Crippen LogP contribution in [0.3, 0.4) is 0 Å². The third-order valence-electron chi connectivity index (χ3n) is 15.9. The molecule has 0 aromatic heterocycles. The zero-order valence-corrected chi connectivity index (χ0v) is 29.4. The van der Waals surface area contributed by atoms with E-state index >= 15 is 0 Å². The maximum absolute atomic E-state index is 13.1. The first-order chi connectivity index (χ1) is 21.0. The predicted molar refractivity (Wildman–Crippen MR) is 174 cm³/mol. The molecule has 45 heavy (non-hydrogen) atoms. The van der Waals surface area contributed by atoms with Crippen LogP contribution in [0.1, 0.15) is 119 Å². The highest BCUT2D eigenvalue weighted by molar-refractivity contribution is 7.90. The first-order valence-electron chi connectivity index (χ1n) is 18.2. The number of carbonyl (C=O) groups excluding carboxylic acids is 2. The first kappa shape index (κ1) is 33.7.